The van der Waals surface area contributed by atoms with Crippen LogP contribution in [0.3, 0.4) is 0 Å². The molecule has 0 aromatic carbocycles. The Kier molecular flexibility index (Phi) is 5.00. The van der Waals surface area contributed by atoms with Gasteiger partial charge in [0.05, 0.1) is 24.9 Å². The van der Waals surface area contributed by atoms with E-state index in [2.05, 4.69) is 19.2 Å². The van der Waals surface area contributed by atoms with Gasteiger partial charge in [-0.25, -0.2) is 0 Å². The lowest BCUT2D eigenvalue weighted by atomic mass is 9.82. The van der Waals surface area contributed by atoms with E-state index in [0.29, 0.717) is 18.3 Å². The molecule has 0 spiro atoms. The molecule has 4 unspecified atom stereocenters. The fourth-order valence-corrected chi connectivity index (χ4v) is 3.89. The van der Waals surface area contributed by atoms with Crippen LogP contribution >= 0.6 is 0 Å². The monoisotopic (exact) mass is 281 g/mol. The highest BCUT2D eigenvalue weighted by Gasteiger charge is 2.30. The average molecular weight is 281 g/mol. The van der Waals surface area contributed by atoms with Crippen LogP contribution in [-0.2, 0) is 9.47 Å². The Morgan fingerprint density at radius 1 is 0.950 bits per heavy atom. The first kappa shape index (κ1) is 14.8. The smallest absolute Gasteiger partial charge is 0.0814 e. The number of ether oxygens (including phenoxy) is 2. The fourth-order valence-electron chi connectivity index (χ4n) is 3.89. The summed E-state index contributed by atoms with van der Waals surface area (Å²) in [5, 5.41) is 3.57. The first-order chi connectivity index (χ1) is 9.69. The van der Waals surface area contributed by atoms with Crippen molar-refractivity contribution in [2.45, 2.75) is 83.1 Å². The van der Waals surface area contributed by atoms with Gasteiger partial charge in [0.2, 0.25) is 0 Å². The summed E-state index contributed by atoms with van der Waals surface area (Å²) >= 11 is 0. The topological polar surface area (TPSA) is 30.5 Å². The summed E-state index contributed by atoms with van der Waals surface area (Å²) in [7, 11) is 0. The summed E-state index contributed by atoms with van der Waals surface area (Å²) in [4.78, 5) is 0. The molecule has 3 rings (SSSR count). The van der Waals surface area contributed by atoms with Crippen molar-refractivity contribution in [1.82, 2.24) is 5.32 Å². The summed E-state index contributed by atoms with van der Waals surface area (Å²) in [5.74, 6) is 1.65. The maximum Gasteiger partial charge on any atom is 0.0814 e. The standard InChI is InChI=1S/C17H31NO2/c1-12-7-13(2)9-17(8-12)19-11-16-6-5-15(20-16)10-18-14-3-4-14/h12-18H,3-11H2,1-2H3. The van der Waals surface area contributed by atoms with Gasteiger partial charge in [-0.1, -0.05) is 13.8 Å². The second-order valence-electron chi connectivity index (χ2n) is 7.51. The van der Waals surface area contributed by atoms with Gasteiger partial charge in [0.25, 0.3) is 0 Å². The molecule has 0 amide bonds. The molecule has 1 heterocycles. The van der Waals surface area contributed by atoms with Crippen molar-refractivity contribution in [3.05, 3.63) is 0 Å². The van der Waals surface area contributed by atoms with E-state index in [4.69, 9.17) is 9.47 Å². The maximum absolute atomic E-state index is 6.15. The van der Waals surface area contributed by atoms with Crippen molar-refractivity contribution in [3.63, 3.8) is 0 Å². The summed E-state index contributed by atoms with van der Waals surface area (Å²) < 4.78 is 12.2. The Morgan fingerprint density at radius 2 is 1.65 bits per heavy atom. The van der Waals surface area contributed by atoms with Gasteiger partial charge in [-0.3, -0.25) is 0 Å². The van der Waals surface area contributed by atoms with Crippen LogP contribution in [0.15, 0.2) is 0 Å². The molecular weight excluding hydrogens is 250 g/mol. The maximum atomic E-state index is 6.15. The molecule has 1 saturated heterocycles. The number of rotatable bonds is 6. The predicted molar refractivity (Wildman–Crippen MR) is 80.8 cm³/mol. The van der Waals surface area contributed by atoms with Crippen LogP contribution in [0, 0.1) is 11.8 Å². The van der Waals surface area contributed by atoms with E-state index in [0.717, 1.165) is 31.0 Å². The second-order valence-corrected chi connectivity index (χ2v) is 7.51. The molecule has 4 atom stereocenters. The van der Waals surface area contributed by atoms with Gasteiger partial charge >= 0.3 is 0 Å². The lowest BCUT2D eigenvalue weighted by molar-refractivity contribution is -0.0609. The van der Waals surface area contributed by atoms with Crippen molar-refractivity contribution in [2.24, 2.45) is 11.8 Å². The van der Waals surface area contributed by atoms with Gasteiger partial charge in [-0.05, 0) is 56.8 Å². The number of hydrogen-bond donors (Lipinski definition) is 1. The zero-order valence-electron chi connectivity index (χ0n) is 13.1. The van der Waals surface area contributed by atoms with Gasteiger partial charge < -0.3 is 14.8 Å². The molecule has 2 saturated carbocycles. The number of nitrogens with one attached hydrogen (secondary N) is 1. The van der Waals surface area contributed by atoms with Crippen LogP contribution in [0.1, 0.15) is 58.8 Å². The van der Waals surface area contributed by atoms with Crippen LogP contribution < -0.4 is 5.32 Å². The molecule has 3 nitrogen and oxygen atoms in total. The highest BCUT2D eigenvalue weighted by Crippen LogP contribution is 2.31. The molecule has 3 heteroatoms. The molecule has 20 heavy (non-hydrogen) atoms. The van der Waals surface area contributed by atoms with E-state index in [1.165, 1.54) is 44.9 Å². The van der Waals surface area contributed by atoms with E-state index >= 15 is 0 Å². The van der Waals surface area contributed by atoms with Crippen LogP contribution in [0.2, 0.25) is 0 Å². The minimum Gasteiger partial charge on any atom is -0.376 e. The highest BCUT2D eigenvalue weighted by atomic mass is 16.5. The molecule has 2 aliphatic carbocycles. The lowest BCUT2D eigenvalue weighted by Gasteiger charge is -2.32. The summed E-state index contributed by atoms with van der Waals surface area (Å²) in [5.41, 5.74) is 0. The molecule has 0 aromatic rings. The average Bonchev–Trinajstić information content (AvgIpc) is 3.12. The molecule has 116 valence electrons. The number of hydrogen-bond acceptors (Lipinski definition) is 3. The van der Waals surface area contributed by atoms with Crippen molar-refractivity contribution < 1.29 is 9.47 Å². The predicted octanol–water partition coefficient (Wildman–Crippen LogP) is 3.13. The largest absolute Gasteiger partial charge is 0.376 e. The molecule has 3 aliphatic rings. The Balaban J connectivity index is 1.32. The Bertz CT molecular complexity index is 295. The van der Waals surface area contributed by atoms with Gasteiger partial charge in [0.15, 0.2) is 0 Å². The molecule has 3 fully saturated rings. The van der Waals surface area contributed by atoms with Crippen molar-refractivity contribution in [3.8, 4) is 0 Å². The third-order valence-corrected chi connectivity index (χ3v) is 5.06. The zero-order chi connectivity index (χ0) is 13.9. The first-order valence-electron chi connectivity index (χ1n) is 8.69. The van der Waals surface area contributed by atoms with Gasteiger partial charge in [0.1, 0.15) is 0 Å². The summed E-state index contributed by atoms with van der Waals surface area (Å²) in [6, 6.07) is 0.791. The van der Waals surface area contributed by atoms with Crippen LogP contribution in [-0.4, -0.2) is 37.5 Å². The van der Waals surface area contributed by atoms with Gasteiger partial charge in [-0.15, -0.1) is 0 Å². The SMILES string of the molecule is CC1CC(C)CC(OCC2CCC(CNC3CC3)O2)C1. The molecule has 1 N–H and O–H groups in total. The first-order valence-corrected chi connectivity index (χ1v) is 8.69. The fraction of sp³-hybridized carbons (Fsp3) is 1.00. The van der Waals surface area contributed by atoms with E-state index in [9.17, 15) is 0 Å². The third kappa shape index (κ3) is 4.44. The van der Waals surface area contributed by atoms with Crippen LogP contribution in [0.4, 0.5) is 0 Å². The third-order valence-electron chi connectivity index (χ3n) is 5.06. The van der Waals surface area contributed by atoms with E-state index < -0.39 is 0 Å². The van der Waals surface area contributed by atoms with Crippen molar-refractivity contribution in [1.29, 1.82) is 0 Å². The second kappa shape index (κ2) is 6.76. The quantitative estimate of drug-likeness (QED) is 0.811. The Hall–Kier alpha value is -0.120. The van der Waals surface area contributed by atoms with Gasteiger partial charge in [0, 0.05) is 12.6 Å². The molecule has 0 aromatic heterocycles. The van der Waals surface area contributed by atoms with Crippen LogP contribution in [0.5, 0.6) is 0 Å². The van der Waals surface area contributed by atoms with Crippen molar-refractivity contribution >= 4 is 0 Å². The Morgan fingerprint density at radius 3 is 2.35 bits per heavy atom. The van der Waals surface area contributed by atoms with Crippen LogP contribution in [0.25, 0.3) is 0 Å². The van der Waals surface area contributed by atoms with Gasteiger partial charge in [-0.2, -0.15) is 0 Å². The van der Waals surface area contributed by atoms with E-state index in [1.807, 2.05) is 0 Å². The molecule has 1 aliphatic heterocycles. The summed E-state index contributed by atoms with van der Waals surface area (Å²) in [6.07, 6.45) is 10.2. The molecular formula is C17H31NO2. The molecule has 0 bridgehead atoms. The highest BCUT2D eigenvalue weighted by molar-refractivity contribution is 4.84. The normalized spacial score (nSPS) is 42.0. The van der Waals surface area contributed by atoms with Crippen molar-refractivity contribution in [2.75, 3.05) is 13.2 Å². The van der Waals surface area contributed by atoms with E-state index in [1.54, 1.807) is 0 Å². The summed E-state index contributed by atoms with van der Waals surface area (Å²) in [6.45, 7) is 6.57. The zero-order valence-corrected chi connectivity index (χ0v) is 13.1. The minimum absolute atomic E-state index is 0.341. The Labute approximate surface area is 123 Å². The minimum atomic E-state index is 0.341. The van der Waals surface area contributed by atoms with E-state index in [-0.39, 0.29) is 0 Å². The lowest BCUT2D eigenvalue weighted by Crippen LogP contribution is -2.31. The molecule has 0 radical (unpaired) electrons.